The first-order chi connectivity index (χ1) is 5.48. The predicted octanol–water partition coefficient (Wildman–Crippen LogP) is 1.03. The van der Waals surface area contributed by atoms with Crippen LogP contribution in [0.2, 0.25) is 0 Å². The Bertz CT molecular complexity index is 183. The molecule has 2 fully saturated rings. The molecule has 0 aliphatic carbocycles. The van der Waals surface area contributed by atoms with Crippen molar-refractivity contribution < 1.29 is 0 Å². The van der Waals surface area contributed by atoms with E-state index in [1.165, 1.54) is 19.6 Å². The van der Waals surface area contributed by atoms with Gasteiger partial charge in [-0.25, -0.2) is 0 Å². The number of likely N-dealkylation sites (N-methyl/N-ethyl adjacent to an activating group) is 1. The second-order valence-corrected chi connectivity index (χ2v) is 5.37. The second kappa shape index (κ2) is 2.46. The van der Waals surface area contributed by atoms with Gasteiger partial charge in [0.25, 0.3) is 0 Å². The molecule has 0 amide bonds. The highest BCUT2D eigenvalue weighted by Crippen LogP contribution is 2.36. The van der Waals surface area contributed by atoms with Crippen molar-refractivity contribution in [3.05, 3.63) is 0 Å². The zero-order valence-electron chi connectivity index (χ0n) is 8.67. The minimum absolute atomic E-state index is 0.381. The van der Waals surface area contributed by atoms with Crippen molar-refractivity contribution in [3.8, 4) is 0 Å². The summed E-state index contributed by atoms with van der Waals surface area (Å²) < 4.78 is 0. The van der Waals surface area contributed by atoms with Gasteiger partial charge in [-0.1, -0.05) is 0 Å². The lowest BCUT2D eigenvalue weighted by Crippen LogP contribution is -2.62. The standard InChI is InChI=1S/C10H20N2/c1-10(2,3)12-6-8-5-11(4)7-9(8)12/h8-9H,5-7H2,1-4H3/t8-,9-/m0/s1. The van der Waals surface area contributed by atoms with Gasteiger partial charge in [-0.05, 0) is 27.8 Å². The van der Waals surface area contributed by atoms with Gasteiger partial charge in [0.05, 0.1) is 0 Å². The Morgan fingerprint density at radius 2 is 1.75 bits per heavy atom. The molecule has 2 heteroatoms. The first-order valence-corrected chi connectivity index (χ1v) is 4.94. The van der Waals surface area contributed by atoms with Crippen molar-refractivity contribution in [2.45, 2.75) is 32.4 Å². The van der Waals surface area contributed by atoms with E-state index in [0.717, 1.165) is 12.0 Å². The van der Waals surface area contributed by atoms with Crippen molar-refractivity contribution in [2.75, 3.05) is 26.7 Å². The molecule has 0 unspecified atom stereocenters. The molecule has 0 aromatic heterocycles. The van der Waals surface area contributed by atoms with E-state index in [2.05, 4.69) is 37.6 Å². The Labute approximate surface area is 75.5 Å². The van der Waals surface area contributed by atoms with Crippen LogP contribution in [0, 0.1) is 5.92 Å². The number of hydrogen-bond acceptors (Lipinski definition) is 2. The van der Waals surface area contributed by atoms with Crippen molar-refractivity contribution in [3.63, 3.8) is 0 Å². The van der Waals surface area contributed by atoms with E-state index in [-0.39, 0.29) is 0 Å². The predicted molar refractivity (Wildman–Crippen MR) is 51.2 cm³/mol. The first kappa shape index (κ1) is 8.52. The van der Waals surface area contributed by atoms with Gasteiger partial charge in [0.1, 0.15) is 0 Å². The Kier molecular flexibility index (Phi) is 1.74. The van der Waals surface area contributed by atoms with E-state index in [4.69, 9.17) is 0 Å². The smallest absolute Gasteiger partial charge is 0.0281 e. The van der Waals surface area contributed by atoms with Crippen LogP contribution in [0.3, 0.4) is 0 Å². The van der Waals surface area contributed by atoms with Gasteiger partial charge >= 0.3 is 0 Å². The van der Waals surface area contributed by atoms with Crippen molar-refractivity contribution in [1.82, 2.24) is 9.80 Å². The van der Waals surface area contributed by atoms with Crippen molar-refractivity contribution >= 4 is 0 Å². The summed E-state index contributed by atoms with van der Waals surface area (Å²) in [5.74, 6) is 0.967. The monoisotopic (exact) mass is 168 g/mol. The molecule has 0 saturated carbocycles. The van der Waals surface area contributed by atoms with Gasteiger partial charge in [-0.3, -0.25) is 4.90 Å². The summed E-state index contributed by atoms with van der Waals surface area (Å²) in [6.45, 7) is 10.9. The molecule has 2 nitrogen and oxygen atoms in total. The molecule has 2 rings (SSSR count). The van der Waals surface area contributed by atoms with Crippen LogP contribution in [0.4, 0.5) is 0 Å². The third-order valence-corrected chi connectivity index (χ3v) is 3.28. The zero-order valence-corrected chi connectivity index (χ0v) is 8.67. The van der Waals surface area contributed by atoms with E-state index < -0.39 is 0 Å². The topological polar surface area (TPSA) is 6.48 Å². The molecule has 2 atom stereocenters. The van der Waals surface area contributed by atoms with Crippen LogP contribution in [0.1, 0.15) is 20.8 Å². The fourth-order valence-corrected chi connectivity index (χ4v) is 2.62. The normalized spacial score (nSPS) is 38.0. The Balaban J connectivity index is 2.00. The molecule has 0 spiro atoms. The van der Waals surface area contributed by atoms with Gasteiger partial charge < -0.3 is 4.90 Å². The minimum atomic E-state index is 0.381. The van der Waals surface area contributed by atoms with Crippen LogP contribution in [0.5, 0.6) is 0 Å². The highest BCUT2D eigenvalue weighted by Gasteiger charge is 2.48. The molecule has 0 aromatic carbocycles. The van der Waals surface area contributed by atoms with Crippen molar-refractivity contribution in [1.29, 1.82) is 0 Å². The van der Waals surface area contributed by atoms with Gasteiger partial charge in [0.15, 0.2) is 0 Å². The molecule has 2 heterocycles. The van der Waals surface area contributed by atoms with E-state index >= 15 is 0 Å². The Morgan fingerprint density at radius 3 is 2.25 bits per heavy atom. The maximum absolute atomic E-state index is 2.64. The number of rotatable bonds is 0. The molecule has 2 aliphatic heterocycles. The SMILES string of the molecule is CN1C[C@H]2CN(C(C)(C)C)[C@H]2C1. The van der Waals surface area contributed by atoms with Crippen LogP contribution in [0.25, 0.3) is 0 Å². The summed E-state index contributed by atoms with van der Waals surface area (Å²) >= 11 is 0. The van der Waals surface area contributed by atoms with Crippen LogP contribution in [-0.2, 0) is 0 Å². The third kappa shape index (κ3) is 1.17. The maximum atomic E-state index is 2.64. The average Bonchev–Trinajstić information content (AvgIpc) is 2.11. The summed E-state index contributed by atoms with van der Waals surface area (Å²) in [6.07, 6.45) is 0. The molecule has 12 heavy (non-hydrogen) atoms. The summed E-state index contributed by atoms with van der Waals surface area (Å²) in [5, 5.41) is 0. The van der Waals surface area contributed by atoms with E-state index in [1.54, 1.807) is 0 Å². The number of nitrogens with zero attached hydrogens (tertiary/aromatic N) is 2. The first-order valence-electron chi connectivity index (χ1n) is 4.94. The largest absolute Gasteiger partial charge is 0.304 e. The van der Waals surface area contributed by atoms with Gasteiger partial charge in [-0.2, -0.15) is 0 Å². The molecular formula is C10H20N2. The fourth-order valence-electron chi connectivity index (χ4n) is 2.62. The Hall–Kier alpha value is -0.0800. The molecule has 0 radical (unpaired) electrons. The summed E-state index contributed by atoms with van der Waals surface area (Å²) in [7, 11) is 2.24. The highest BCUT2D eigenvalue weighted by molar-refractivity contribution is 5.03. The van der Waals surface area contributed by atoms with Gasteiger partial charge in [0, 0.05) is 37.1 Å². The fraction of sp³-hybridized carbons (Fsp3) is 1.00. The van der Waals surface area contributed by atoms with Gasteiger partial charge in [-0.15, -0.1) is 0 Å². The lowest BCUT2D eigenvalue weighted by Gasteiger charge is -2.51. The van der Waals surface area contributed by atoms with Crippen LogP contribution in [0.15, 0.2) is 0 Å². The Morgan fingerprint density at radius 1 is 1.08 bits per heavy atom. The zero-order chi connectivity index (χ0) is 8.93. The number of fused-ring (bicyclic) bond motifs is 1. The molecule has 70 valence electrons. The third-order valence-electron chi connectivity index (χ3n) is 3.28. The van der Waals surface area contributed by atoms with Crippen LogP contribution in [-0.4, -0.2) is 48.1 Å². The number of hydrogen-bond donors (Lipinski definition) is 0. The quantitative estimate of drug-likeness (QED) is 0.533. The minimum Gasteiger partial charge on any atom is -0.304 e. The lowest BCUT2D eigenvalue weighted by molar-refractivity contribution is -0.0268. The van der Waals surface area contributed by atoms with E-state index in [1.807, 2.05) is 0 Å². The summed E-state index contributed by atoms with van der Waals surface area (Å²) in [6, 6.07) is 0.856. The van der Waals surface area contributed by atoms with Crippen LogP contribution < -0.4 is 0 Å². The van der Waals surface area contributed by atoms with Crippen LogP contribution >= 0.6 is 0 Å². The van der Waals surface area contributed by atoms with E-state index in [9.17, 15) is 0 Å². The summed E-state index contributed by atoms with van der Waals surface area (Å²) in [4.78, 5) is 5.10. The molecular weight excluding hydrogens is 148 g/mol. The van der Waals surface area contributed by atoms with E-state index in [0.29, 0.717) is 5.54 Å². The van der Waals surface area contributed by atoms with Gasteiger partial charge in [0.2, 0.25) is 0 Å². The van der Waals surface area contributed by atoms with Crippen molar-refractivity contribution in [2.24, 2.45) is 5.92 Å². The maximum Gasteiger partial charge on any atom is 0.0281 e. The molecule has 2 saturated heterocycles. The highest BCUT2D eigenvalue weighted by atomic mass is 15.3. The molecule has 0 N–H and O–H groups in total. The molecule has 0 bridgehead atoms. The lowest BCUT2D eigenvalue weighted by atomic mass is 9.86. The second-order valence-electron chi connectivity index (χ2n) is 5.37. The molecule has 0 aromatic rings. The average molecular weight is 168 g/mol. The summed E-state index contributed by atoms with van der Waals surface area (Å²) in [5.41, 5.74) is 0.381. The molecule has 2 aliphatic rings. The number of likely N-dealkylation sites (tertiary alicyclic amines) is 2.